The van der Waals surface area contributed by atoms with Crippen LogP contribution in [0.15, 0.2) is 24.3 Å². The number of fused-ring (bicyclic) bond motifs is 5. The molecule has 0 spiro atoms. The van der Waals surface area contributed by atoms with E-state index in [0.717, 1.165) is 6.26 Å². The zero-order valence-electron chi connectivity index (χ0n) is 14.3. The van der Waals surface area contributed by atoms with E-state index in [1.807, 2.05) is 12.1 Å². The highest BCUT2D eigenvalue weighted by atomic mass is 32.2. The Morgan fingerprint density at radius 2 is 2.08 bits per heavy atom. The summed E-state index contributed by atoms with van der Waals surface area (Å²) in [4.78, 5) is 13.2. The standard InChI is InChI=1S/C18H19N3O4S/c1-26(24,25)21-13-6-3-2-5-12(13)15-14(21)7-9-18(11-19)8-4-10-20(16(15)18)17(22)23/h2-3,5-6,16H,4,7-10H2,1H3,(H,22,23). The average molecular weight is 373 g/mol. The Morgan fingerprint density at radius 3 is 2.73 bits per heavy atom. The molecule has 136 valence electrons. The fraction of sp³-hybridized carbons (Fsp3) is 0.444. The van der Waals surface area contributed by atoms with Crippen LogP contribution in [0.25, 0.3) is 10.9 Å². The number of carboxylic acid groups (broad SMARTS) is 1. The summed E-state index contributed by atoms with van der Waals surface area (Å²) in [6.45, 7) is 0.348. The van der Waals surface area contributed by atoms with Crippen LogP contribution < -0.4 is 0 Å². The monoisotopic (exact) mass is 373 g/mol. The summed E-state index contributed by atoms with van der Waals surface area (Å²) in [7, 11) is -3.56. The Bertz CT molecular complexity index is 1070. The number of aromatic nitrogens is 1. The Balaban J connectivity index is 2.11. The Kier molecular flexibility index (Phi) is 3.57. The molecule has 1 aromatic heterocycles. The first-order chi connectivity index (χ1) is 12.3. The maximum absolute atomic E-state index is 12.5. The zero-order valence-corrected chi connectivity index (χ0v) is 15.2. The van der Waals surface area contributed by atoms with E-state index in [4.69, 9.17) is 0 Å². The number of nitriles is 1. The van der Waals surface area contributed by atoms with Crippen molar-refractivity contribution >= 4 is 27.0 Å². The van der Waals surface area contributed by atoms with Crippen molar-refractivity contribution in [3.05, 3.63) is 35.5 Å². The quantitative estimate of drug-likeness (QED) is 0.828. The molecule has 1 aliphatic carbocycles. The maximum Gasteiger partial charge on any atom is 0.407 e. The van der Waals surface area contributed by atoms with Gasteiger partial charge in [0.15, 0.2) is 0 Å². The smallest absolute Gasteiger partial charge is 0.407 e. The minimum Gasteiger partial charge on any atom is -0.465 e. The zero-order chi connectivity index (χ0) is 18.7. The number of hydrogen-bond acceptors (Lipinski definition) is 4. The number of para-hydroxylation sites is 1. The molecule has 26 heavy (non-hydrogen) atoms. The fourth-order valence-corrected chi connectivity index (χ4v) is 5.86. The molecule has 1 saturated heterocycles. The summed E-state index contributed by atoms with van der Waals surface area (Å²) in [6, 6.07) is 8.88. The Hall–Kier alpha value is -2.53. The summed E-state index contributed by atoms with van der Waals surface area (Å²) < 4.78 is 26.3. The van der Waals surface area contributed by atoms with Gasteiger partial charge in [0, 0.05) is 23.2 Å². The third-order valence-electron chi connectivity index (χ3n) is 5.71. The van der Waals surface area contributed by atoms with E-state index in [2.05, 4.69) is 6.07 Å². The molecule has 2 atom stereocenters. The van der Waals surface area contributed by atoms with Crippen LogP contribution in [0.2, 0.25) is 0 Å². The second-order valence-electron chi connectivity index (χ2n) is 7.15. The van der Waals surface area contributed by atoms with Gasteiger partial charge in [-0.1, -0.05) is 18.2 Å². The van der Waals surface area contributed by atoms with Crippen molar-refractivity contribution in [1.29, 1.82) is 5.26 Å². The molecule has 0 saturated carbocycles. The second kappa shape index (κ2) is 5.48. The molecular formula is C18H19N3O4S. The number of carbonyl (C=O) groups is 1. The molecule has 1 fully saturated rings. The van der Waals surface area contributed by atoms with Crippen molar-refractivity contribution in [3.8, 4) is 6.07 Å². The van der Waals surface area contributed by atoms with E-state index in [1.165, 1.54) is 8.87 Å². The van der Waals surface area contributed by atoms with Crippen LogP contribution in [-0.4, -0.2) is 41.3 Å². The first-order valence-corrected chi connectivity index (χ1v) is 10.4. The summed E-state index contributed by atoms with van der Waals surface area (Å²) in [6.07, 6.45) is 2.23. The molecule has 1 N–H and O–H groups in total. The largest absolute Gasteiger partial charge is 0.465 e. The van der Waals surface area contributed by atoms with Crippen molar-refractivity contribution < 1.29 is 18.3 Å². The first kappa shape index (κ1) is 16.9. The van der Waals surface area contributed by atoms with Crippen LogP contribution in [0, 0.1) is 16.7 Å². The highest BCUT2D eigenvalue weighted by Crippen LogP contribution is 2.55. The van der Waals surface area contributed by atoms with Gasteiger partial charge in [0.25, 0.3) is 0 Å². The predicted octanol–water partition coefficient (Wildman–Crippen LogP) is 2.72. The van der Waals surface area contributed by atoms with Crippen LogP contribution >= 0.6 is 0 Å². The molecule has 7 nitrogen and oxygen atoms in total. The molecule has 1 aliphatic heterocycles. The van der Waals surface area contributed by atoms with Gasteiger partial charge in [0.2, 0.25) is 10.0 Å². The van der Waals surface area contributed by atoms with Crippen LogP contribution in [-0.2, 0) is 16.4 Å². The van der Waals surface area contributed by atoms with Gasteiger partial charge >= 0.3 is 6.09 Å². The van der Waals surface area contributed by atoms with Crippen molar-refractivity contribution in [2.45, 2.75) is 31.7 Å². The molecule has 8 heteroatoms. The average Bonchev–Trinajstić information content (AvgIpc) is 2.95. The van der Waals surface area contributed by atoms with E-state index in [-0.39, 0.29) is 0 Å². The SMILES string of the molecule is CS(=O)(=O)n1c2c(c3ccccc31)C1N(C(=O)O)CCCC1(C#N)CC2. The summed E-state index contributed by atoms with van der Waals surface area (Å²) in [5.74, 6) is 0. The lowest BCUT2D eigenvalue weighted by molar-refractivity contribution is 0.0385. The minimum absolute atomic E-state index is 0.348. The van der Waals surface area contributed by atoms with Crippen molar-refractivity contribution in [2.24, 2.45) is 5.41 Å². The van der Waals surface area contributed by atoms with Gasteiger partial charge in [-0.25, -0.2) is 17.2 Å². The molecule has 0 radical (unpaired) electrons. The van der Waals surface area contributed by atoms with Crippen LogP contribution in [0.3, 0.4) is 0 Å². The normalized spacial score (nSPS) is 25.4. The number of piperidine rings is 1. The minimum atomic E-state index is -3.56. The van der Waals surface area contributed by atoms with Crippen molar-refractivity contribution in [3.63, 3.8) is 0 Å². The number of rotatable bonds is 1. The highest BCUT2D eigenvalue weighted by Gasteiger charge is 2.52. The molecule has 4 rings (SSSR count). The maximum atomic E-state index is 12.5. The topological polar surface area (TPSA) is 103 Å². The number of nitrogens with zero attached hydrogens (tertiary/aromatic N) is 3. The van der Waals surface area contributed by atoms with E-state index in [1.54, 1.807) is 12.1 Å². The molecule has 2 unspecified atom stereocenters. The van der Waals surface area contributed by atoms with Crippen molar-refractivity contribution in [1.82, 2.24) is 8.87 Å². The molecule has 1 aromatic carbocycles. The number of hydrogen-bond donors (Lipinski definition) is 1. The van der Waals surface area contributed by atoms with E-state index >= 15 is 0 Å². The van der Waals surface area contributed by atoms with Gasteiger partial charge in [-0.15, -0.1) is 0 Å². The van der Waals surface area contributed by atoms with E-state index < -0.39 is 27.6 Å². The Morgan fingerprint density at radius 1 is 1.35 bits per heavy atom. The summed E-state index contributed by atoms with van der Waals surface area (Å²) in [5.41, 5.74) is 1.03. The highest BCUT2D eigenvalue weighted by molar-refractivity contribution is 7.89. The van der Waals surface area contributed by atoms with Gasteiger partial charge < -0.3 is 5.11 Å². The van der Waals surface area contributed by atoms with Gasteiger partial charge in [-0.05, 0) is 31.7 Å². The molecule has 0 bridgehead atoms. The molecular weight excluding hydrogens is 354 g/mol. The van der Waals surface area contributed by atoms with Gasteiger partial charge in [-0.2, -0.15) is 5.26 Å². The third kappa shape index (κ3) is 2.16. The van der Waals surface area contributed by atoms with Crippen molar-refractivity contribution in [2.75, 3.05) is 12.8 Å². The van der Waals surface area contributed by atoms with Gasteiger partial charge in [0.1, 0.15) is 0 Å². The van der Waals surface area contributed by atoms with Gasteiger partial charge in [-0.3, -0.25) is 4.90 Å². The van der Waals surface area contributed by atoms with E-state index in [9.17, 15) is 23.6 Å². The summed E-state index contributed by atoms with van der Waals surface area (Å²) >= 11 is 0. The van der Waals surface area contributed by atoms with Gasteiger partial charge in [0.05, 0.1) is 29.3 Å². The molecule has 1 amide bonds. The van der Waals surface area contributed by atoms with E-state index in [0.29, 0.717) is 54.4 Å². The summed E-state index contributed by atoms with van der Waals surface area (Å²) in [5, 5.41) is 20.4. The second-order valence-corrected chi connectivity index (χ2v) is 8.99. The molecule has 2 aromatic rings. The van der Waals surface area contributed by atoms with Crippen LogP contribution in [0.4, 0.5) is 4.79 Å². The predicted molar refractivity (Wildman–Crippen MR) is 95.3 cm³/mol. The molecule has 2 heterocycles. The number of amides is 1. The third-order valence-corrected chi connectivity index (χ3v) is 6.79. The lowest BCUT2D eigenvalue weighted by Crippen LogP contribution is -2.50. The Labute approximate surface area is 151 Å². The number of likely N-dealkylation sites (tertiary alicyclic amines) is 1. The van der Waals surface area contributed by atoms with Crippen LogP contribution in [0.5, 0.6) is 0 Å². The lowest BCUT2D eigenvalue weighted by Gasteiger charge is -2.48. The fourth-order valence-electron chi connectivity index (χ4n) is 4.75. The lowest BCUT2D eigenvalue weighted by atomic mass is 9.65. The van der Waals surface area contributed by atoms with Crippen LogP contribution in [0.1, 0.15) is 36.6 Å². The first-order valence-electron chi connectivity index (χ1n) is 8.54. The molecule has 2 aliphatic rings. The number of benzene rings is 1.